The Morgan fingerprint density at radius 3 is 1.88 bits per heavy atom. The van der Waals surface area contributed by atoms with Gasteiger partial charge in [-0.05, 0) is 23.6 Å². The van der Waals surface area contributed by atoms with E-state index in [0.717, 1.165) is 17.1 Å². The SMILES string of the molecule is c1ccc(-n2c3ccccc3c3cc(N(c4ccc(-c5ccc6[se]c7ccccc7c6c5)cc4)c4ccc5ccccc5c4)ccc32)cc1. The first-order valence-corrected chi connectivity index (χ1v) is 18.4. The molecule has 0 saturated heterocycles. The van der Waals surface area contributed by atoms with Crippen LogP contribution in [-0.2, 0) is 0 Å². The predicted molar refractivity (Wildman–Crippen MR) is 210 cm³/mol. The van der Waals surface area contributed by atoms with Gasteiger partial charge in [0.1, 0.15) is 0 Å². The molecule has 0 aliphatic heterocycles. The van der Waals surface area contributed by atoms with Crippen LogP contribution in [0.1, 0.15) is 0 Å². The molecule has 2 aromatic heterocycles. The van der Waals surface area contributed by atoms with Crippen molar-refractivity contribution in [2.75, 3.05) is 4.90 Å². The molecule has 0 atom stereocenters. The van der Waals surface area contributed by atoms with Gasteiger partial charge in [0.2, 0.25) is 0 Å². The van der Waals surface area contributed by atoms with Crippen LogP contribution >= 0.6 is 0 Å². The van der Waals surface area contributed by atoms with E-state index in [1.807, 2.05) is 0 Å². The molecular weight excluding hydrogens is 659 g/mol. The Labute approximate surface area is 290 Å². The molecule has 0 aliphatic carbocycles. The Hall–Kier alpha value is -5.86. The van der Waals surface area contributed by atoms with Gasteiger partial charge in [-0.1, -0.05) is 60.7 Å². The van der Waals surface area contributed by atoms with E-state index in [0.29, 0.717) is 14.5 Å². The number of anilines is 3. The number of fused-ring (bicyclic) bond motifs is 7. The summed E-state index contributed by atoms with van der Waals surface area (Å²) in [7, 11) is 0. The van der Waals surface area contributed by atoms with E-state index in [9.17, 15) is 0 Å². The van der Waals surface area contributed by atoms with E-state index in [-0.39, 0.29) is 0 Å². The molecule has 0 amide bonds. The minimum absolute atomic E-state index is 0.378. The van der Waals surface area contributed by atoms with Crippen molar-refractivity contribution < 1.29 is 0 Å². The summed E-state index contributed by atoms with van der Waals surface area (Å²) in [5.74, 6) is 0. The summed E-state index contributed by atoms with van der Waals surface area (Å²) in [6.07, 6.45) is 0. The van der Waals surface area contributed by atoms with Crippen molar-refractivity contribution in [1.82, 2.24) is 4.57 Å². The van der Waals surface area contributed by atoms with Crippen molar-refractivity contribution in [3.8, 4) is 16.8 Å². The zero-order chi connectivity index (χ0) is 32.3. The van der Waals surface area contributed by atoms with Gasteiger partial charge in [-0.2, -0.15) is 0 Å². The van der Waals surface area contributed by atoms with Gasteiger partial charge in [-0.3, -0.25) is 0 Å². The summed E-state index contributed by atoms with van der Waals surface area (Å²) in [5.41, 5.74) is 9.44. The first-order valence-electron chi connectivity index (χ1n) is 16.7. The second kappa shape index (κ2) is 11.4. The van der Waals surface area contributed by atoms with Gasteiger partial charge < -0.3 is 4.57 Å². The molecule has 3 heteroatoms. The zero-order valence-corrected chi connectivity index (χ0v) is 28.3. The molecule has 0 unspecified atom stereocenters. The van der Waals surface area contributed by atoms with Crippen LogP contribution in [0, 0.1) is 0 Å². The molecule has 0 N–H and O–H groups in total. The van der Waals surface area contributed by atoms with E-state index < -0.39 is 0 Å². The minimum Gasteiger partial charge on any atom is -0.0602 e. The third-order valence-corrected chi connectivity index (χ3v) is 12.2. The van der Waals surface area contributed by atoms with Crippen molar-refractivity contribution in [3.63, 3.8) is 0 Å². The van der Waals surface area contributed by atoms with Gasteiger partial charge in [0.15, 0.2) is 0 Å². The van der Waals surface area contributed by atoms with Crippen LogP contribution in [0.4, 0.5) is 17.1 Å². The maximum atomic E-state index is 2.39. The standard InChI is InChI=1S/C46H30N2Se/c1-2-12-35(13-3-1)48-43-16-8-6-14-39(43)41-30-38(25-26-44(41)48)47(37-24-20-31-10-4-5-11-33(31)28-37)36-22-18-32(19-23-36)34-21-27-46-42(29-34)40-15-7-9-17-45(40)49-46/h1-30H. The Kier molecular flexibility index (Phi) is 6.55. The van der Waals surface area contributed by atoms with E-state index in [2.05, 4.69) is 191 Å². The molecule has 10 aromatic rings. The molecule has 0 fully saturated rings. The van der Waals surface area contributed by atoms with Crippen LogP contribution in [0.15, 0.2) is 182 Å². The second-order valence-corrected chi connectivity index (χ2v) is 14.9. The van der Waals surface area contributed by atoms with Gasteiger partial charge in [0, 0.05) is 11.1 Å². The molecule has 0 aliphatic rings. The molecule has 0 spiro atoms. The van der Waals surface area contributed by atoms with Crippen LogP contribution in [0.3, 0.4) is 0 Å². The number of nitrogens with zero attached hydrogens (tertiary/aromatic N) is 2. The third kappa shape index (κ3) is 4.70. The smallest absolute Gasteiger partial charge is 0.0602 e. The van der Waals surface area contributed by atoms with Crippen LogP contribution in [0.5, 0.6) is 0 Å². The van der Waals surface area contributed by atoms with Crippen molar-refractivity contribution in [2.24, 2.45) is 0 Å². The van der Waals surface area contributed by atoms with Gasteiger partial charge in [-0.25, -0.2) is 0 Å². The van der Waals surface area contributed by atoms with Crippen molar-refractivity contribution >= 4 is 83.4 Å². The van der Waals surface area contributed by atoms with E-state index in [1.54, 1.807) is 0 Å². The molecule has 2 nitrogen and oxygen atoms in total. The van der Waals surface area contributed by atoms with E-state index >= 15 is 0 Å². The molecule has 0 radical (unpaired) electrons. The molecule has 230 valence electrons. The number of hydrogen-bond acceptors (Lipinski definition) is 1. The first kappa shape index (κ1) is 28.2. The molecule has 8 aromatic carbocycles. The second-order valence-electron chi connectivity index (χ2n) is 12.6. The van der Waals surface area contributed by atoms with Gasteiger partial charge >= 0.3 is 181 Å². The van der Waals surface area contributed by atoms with E-state index in [1.165, 1.54) is 68.7 Å². The molecular formula is C46H30N2Se. The number of benzene rings is 8. The van der Waals surface area contributed by atoms with Crippen molar-refractivity contribution in [3.05, 3.63) is 182 Å². The molecule has 2 heterocycles. The Bertz CT molecular complexity index is 2830. The summed E-state index contributed by atoms with van der Waals surface area (Å²) in [6, 6.07) is 66.7. The normalized spacial score (nSPS) is 11.7. The number of hydrogen-bond donors (Lipinski definition) is 0. The molecule has 10 rings (SSSR count). The van der Waals surface area contributed by atoms with Crippen LogP contribution in [0.25, 0.3) is 68.7 Å². The van der Waals surface area contributed by atoms with Crippen LogP contribution < -0.4 is 4.90 Å². The maximum absolute atomic E-state index is 2.39. The van der Waals surface area contributed by atoms with Crippen LogP contribution in [0.2, 0.25) is 0 Å². The zero-order valence-electron chi connectivity index (χ0n) is 26.6. The quantitative estimate of drug-likeness (QED) is 0.163. The first-order chi connectivity index (χ1) is 24.3. The minimum atomic E-state index is 0.378. The molecule has 0 bridgehead atoms. The average Bonchev–Trinajstić information content (AvgIpc) is 3.71. The Balaban J connectivity index is 1.13. The van der Waals surface area contributed by atoms with E-state index in [4.69, 9.17) is 0 Å². The number of rotatable bonds is 5. The molecule has 0 saturated carbocycles. The average molecular weight is 690 g/mol. The number of para-hydroxylation sites is 2. The topological polar surface area (TPSA) is 8.17 Å². The van der Waals surface area contributed by atoms with Gasteiger partial charge in [-0.15, -0.1) is 0 Å². The molecule has 49 heavy (non-hydrogen) atoms. The van der Waals surface area contributed by atoms with Crippen molar-refractivity contribution in [2.45, 2.75) is 0 Å². The monoisotopic (exact) mass is 690 g/mol. The van der Waals surface area contributed by atoms with Crippen LogP contribution in [-0.4, -0.2) is 19.1 Å². The van der Waals surface area contributed by atoms with Crippen molar-refractivity contribution in [1.29, 1.82) is 0 Å². The van der Waals surface area contributed by atoms with Gasteiger partial charge in [0.25, 0.3) is 0 Å². The predicted octanol–water partition coefficient (Wildman–Crippen LogP) is 12.4. The summed E-state index contributed by atoms with van der Waals surface area (Å²) < 4.78 is 5.33. The summed E-state index contributed by atoms with van der Waals surface area (Å²) >= 11 is 0.378. The summed E-state index contributed by atoms with van der Waals surface area (Å²) in [5, 5.41) is 7.72. The fourth-order valence-electron chi connectivity index (χ4n) is 7.43. The summed E-state index contributed by atoms with van der Waals surface area (Å²) in [4.78, 5) is 2.39. The van der Waals surface area contributed by atoms with Gasteiger partial charge in [0.05, 0.1) is 11.0 Å². The fraction of sp³-hybridized carbons (Fsp3) is 0. The Morgan fingerprint density at radius 2 is 1.00 bits per heavy atom. The fourth-order valence-corrected chi connectivity index (χ4v) is 9.71. The Morgan fingerprint density at radius 1 is 0.367 bits per heavy atom. The number of aromatic nitrogens is 1. The third-order valence-electron chi connectivity index (χ3n) is 9.76. The summed E-state index contributed by atoms with van der Waals surface area (Å²) in [6.45, 7) is 0.